The lowest BCUT2D eigenvalue weighted by molar-refractivity contribution is -0.342. The molecule has 6 nitrogen and oxygen atoms in total. The molecule has 3 rings (SSSR count). The fraction of sp³-hybridized carbons (Fsp3) is 0.727. The number of rotatable bonds is 7. The van der Waals surface area contributed by atoms with Crippen LogP contribution in [0.1, 0.15) is 33.1 Å². The second kappa shape index (κ2) is 9.34. The number of alkyl halides is 6. The number of nitrogens with one attached hydrogen (secondary N) is 1. The predicted octanol–water partition coefficient (Wildman–Crippen LogP) is 4.66. The molecule has 1 aliphatic heterocycles. The molecule has 1 unspecified atom stereocenters. The van der Waals surface area contributed by atoms with Gasteiger partial charge >= 0.3 is 12.4 Å². The number of ether oxygens (including phenoxy) is 1. The number of nitrogens with zero attached hydrogens (tertiary/aromatic N) is 2. The lowest BCUT2D eigenvalue weighted by Crippen LogP contribution is -2.53. The Bertz CT molecular complexity index is 952. The van der Waals surface area contributed by atoms with Crippen LogP contribution in [0.2, 0.25) is 0 Å². The molecule has 1 saturated heterocycles. The molecule has 13 heteroatoms. The van der Waals surface area contributed by atoms with E-state index in [0.717, 1.165) is 0 Å². The van der Waals surface area contributed by atoms with Gasteiger partial charge in [0, 0.05) is 12.5 Å². The van der Waals surface area contributed by atoms with Crippen molar-refractivity contribution in [2.75, 3.05) is 38.3 Å². The van der Waals surface area contributed by atoms with Crippen LogP contribution < -0.4 is 10.8 Å². The summed E-state index contributed by atoms with van der Waals surface area (Å²) in [6, 6.07) is 3.26. The Hall–Kier alpha value is -1.65. The van der Waals surface area contributed by atoms with Crippen molar-refractivity contribution >= 4 is 24.2 Å². The summed E-state index contributed by atoms with van der Waals surface area (Å²) in [6.45, 7) is 6.42. The number of hydrogen-bond donors (Lipinski definition) is 1. The molecule has 1 aliphatic carbocycles. The monoisotopic (exact) mass is 529 g/mol. The molecule has 2 fully saturated rings. The van der Waals surface area contributed by atoms with Crippen molar-refractivity contribution in [2.45, 2.75) is 57.2 Å². The summed E-state index contributed by atoms with van der Waals surface area (Å²) >= 11 is 0. The standard InChI is InChI=1S/C22H30F6N3O3P/c1-19(2,34-18(21(23,24)25)22(26,27)28)13-31-9-7-20(8-10-31)11-15(20)17(32)30-14-5-6-16(29-12-14)35(3,4)33/h5-6,12,15,18H,7-11,13H2,1-4H3,(H,30,32). The van der Waals surface area contributed by atoms with E-state index in [2.05, 4.69) is 15.0 Å². The number of piperidine rings is 1. The number of pyridine rings is 1. The van der Waals surface area contributed by atoms with E-state index in [9.17, 15) is 35.7 Å². The van der Waals surface area contributed by atoms with E-state index in [1.807, 2.05) is 0 Å². The average molecular weight is 529 g/mol. The van der Waals surface area contributed by atoms with Gasteiger partial charge in [-0.25, -0.2) is 0 Å². The number of anilines is 1. The van der Waals surface area contributed by atoms with E-state index in [-0.39, 0.29) is 23.8 Å². The van der Waals surface area contributed by atoms with Gasteiger partial charge in [-0.15, -0.1) is 0 Å². The first-order chi connectivity index (χ1) is 15.8. The zero-order valence-corrected chi connectivity index (χ0v) is 20.9. The number of likely N-dealkylation sites (tertiary alicyclic amines) is 1. The first-order valence-electron chi connectivity index (χ1n) is 11.2. The number of amides is 1. The van der Waals surface area contributed by atoms with Crippen molar-refractivity contribution in [3.63, 3.8) is 0 Å². The smallest absolute Gasteiger partial charge is 0.353 e. The molecule has 1 N–H and O–H groups in total. The van der Waals surface area contributed by atoms with Crippen molar-refractivity contribution in [1.82, 2.24) is 9.88 Å². The van der Waals surface area contributed by atoms with Gasteiger partial charge in [0.25, 0.3) is 0 Å². The molecule has 1 spiro atoms. The van der Waals surface area contributed by atoms with E-state index < -0.39 is 31.2 Å². The molecule has 1 amide bonds. The summed E-state index contributed by atoms with van der Waals surface area (Å²) < 4.78 is 93.8. The van der Waals surface area contributed by atoms with Gasteiger partial charge in [-0.2, -0.15) is 26.3 Å². The zero-order valence-electron chi connectivity index (χ0n) is 20.0. The second-order valence-corrected chi connectivity index (χ2v) is 13.6. The van der Waals surface area contributed by atoms with Crippen molar-refractivity contribution < 1.29 is 40.4 Å². The Labute approximate surface area is 200 Å². The molecule has 1 aromatic heterocycles. The molecule has 0 radical (unpaired) electrons. The van der Waals surface area contributed by atoms with Gasteiger partial charge in [0.1, 0.15) is 7.14 Å². The molecular formula is C22H30F6N3O3P. The van der Waals surface area contributed by atoms with Crippen molar-refractivity contribution in [3.05, 3.63) is 18.3 Å². The number of aromatic nitrogens is 1. The summed E-state index contributed by atoms with van der Waals surface area (Å²) in [5, 5.41) is 2.82. The highest BCUT2D eigenvalue weighted by Crippen LogP contribution is 2.59. The van der Waals surface area contributed by atoms with Crippen LogP contribution >= 0.6 is 7.14 Å². The zero-order chi connectivity index (χ0) is 26.4. The molecule has 1 atom stereocenters. The number of halogens is 6. The molecular weight excluding hydrogens is 499 g/mol. The fourth-order valence-electron chi connectivity index (χ4n) is 4.65. The summed E-state index contributed by atoms with van der Waals surface area (Å²) in [5.74, 6) is -0.386. The minimum Gasteiger partial charge on any atom is -0.353 e. The van der Waals surface area contributed by atoms with E-state index >= 15 is 0 Å². The largest absolute Gasteiger partial charge is 0.423 e. The Morgan fingerprint density at radius 2 is 1.74 bits per heavy atom. The molecule has 2 heterocycles. The molecule has 35 heavy (non-hydrogen) atoms. The average Bonchev–Trinajstić information content (AvgIpc) is 3.40. The quantitative estimate of drug-likeness (QED) is 0.411. The van der Waals surface area contributed by atoms with Gasteiger partial charge in [0.15, 0.2) is 0 Å². The van der Waals surface area contributed by atoms with Crippen LogP contribution in [0.25, 0.3) is 0 Å². The molecule has 1 aromatic rings. The van der Waals surface area contributed by atoms with E-state index in [0.29, 0.717) is 43.5 Å². The maximum Gasteiger partial charge on any atom is 0.423 e. The van der Waals surface area contributed by atoms with E-state index in [1.165, 1.54) is 20.0 Å². The topological polar surface area (TPSA) is 71.5 Å². The summed E-state index contributed by atoms with van der Waals surface area (Å²) in [6.07, 6.45) is -11.6. The Balaban J connectivity index is 1.52. The lowest BCUT2D eigenvalue weighted by Gasteiger charge is -2.39. The van der Waals surface area contributed by atoms with Gasteiger partial charge < -0.3 is 19.5 Å². The molecule has 2 aliphatic rings. The van der Waals surface area contributed by atoms with Crippen LogP contribution in [0.4, 0.5) is 32.0 Å². The highest BCUT2D eigenvalue weighted by Gasteiger charge is 2.61. The van der Waals surface area contributed by atoms with Crippen molar-refractivity contribution in [1.29, 1.82) is 0 Å². The van der Waals surface area contributed by atoms with Crippen LogP contribution in [0.5, 0.6) is 0 Å². The first-order valence-corrected chi connectivity index (χ1v) is 13.8. The molecule has 198 valence electrons. The van der Waals surface area contributed by atoms with Gasteiger partial charge in [-0.1, -0.05) is 0 Å². The van der Waals surface area contributed by atoms with Crippen LogP contribution in [-0.4, -0.2) is 72.8 Å². The maximum atomic E-state index is 12.9. The SMILES string of the molecule is CC(C)(CN1CCC2(CC1)CC2C(=O)Nc1ccc(P(C)(C)=O)nc1)OC(C(F)(F)F)C(F)(F)F. The van der Waals surface area contributed by atoms with Gasteiger partial charge in [0.2, 0.25) is 12.0 Å². The molecule has 0 aromatic carbocycles. The Kier molecular flexibility index (Phi) is 7.45. The summed E-state index contributed by atoms with van der Waals surface area (Å²) in [5.41, 5.74) is -0.938. The molecule has 0 bridgehead atoms. The number of hydrogen-bond acceptors (Lipinski definition) is 5. The third kappa shape index (κ3) is 6.98. The Morgan fingerprint density at radius 3 is 2.20 bits per heavy atom. The minimum atomic E-state index is -5.56. The number of carbonyl (C=O) groups excluding carboxylic acids is 1. The lowest BCUT2D eigenvalue weighted by atomic mass is 9.90. The fourth-order valence-corrected chi connectivity index (χ4v) is 5.42. The minimum absolute atomic E-state index is 0.0979. The number of carbonyl (C=O) groups is 1. The van der Waals surface area contributed by atoms with E-state index in [4.69, 9.17) is 0 Å². The van der Waals surface area contributed by atoms with Crippen molar-refractivity contribution in [2.24, 2.45) is 11.3 Å². The highest BCUT2D eigenvalue weighted by atomic mass is 31.2. The van der Waals surface area contributed by atoms with Crippen molar-refractivity contribution in [3.8, 4) is 0 Å². The normalized spacial score (nSPS) is 21.4. The van der Waals surface area contributed by atoms with Gasteiger partial charge in [-0.05, 0) is 77.1 Å². The van der Waals surface area contributed by atoms with E-state index in [1.54, 1.807) is 30.4 Å². The van der Waals surface area contributed by atoms with Gasteiger partial charge in [0.05, 0.1) is 22.9 Å². The van der Waals surface area contributed by atoms with Crippen LogP contribution in [0.3, 0.4) is 0 Å². The Morgan fingerprint density at radius 1 is 1.17 bits per heavy atom. The van der Waals surface area contributed by atoms with Crippen LogP contribution in [-0.2, 0) is 14.1 Å². The summed E-state index contributed by atoms with van der Waals surface area (Å²) in [7, 11) is -2.50. The van der Waals surface area contributed by atoms with Gasteiger partial charge in [-0.3, -0.25) is 9.78 Å². The summed E-state index contributed by atoms with van der Waals surface area (Å²) in [4.78, 5) is 18.6. The van der Waals surface area contributed by atoms with Crippen LogP contribution in [0, 0.1) is 11.3 Å². The van der Waals surface area contributed by atoms with Crippen LogP contribution in [0.15, 0.2) is 18.3 Å². The second-order valence-electron chi connectivity index (χ2n) is 10.5. The third-order valence-corrected chi connectivity index (χ3v) is 7.93. The predicted molar refractivity (Wildman–Crippen MR) is 119 cm³/mol. The highest BCUT2D eigenvalue weighted by molar-refractivity contribution is 7.69. The first kappa shape index (κ1) is 27.9. The third-order valence-electron chi connectivity index (χ3n) is 6.56. The molecule has 1 saturated carbocycles. The maximum absolute atomic E-state index is 12.9.